The summed E-state index contributed by atoms with van der Waals surface area (Å²) in [5.41, 5.74) is 1.19. The van der Waals surface area contributed by atoms with Gasteiger partial charge in [0.15, 0.2) is 0 Å². The van der Waals surface area contributed by atoms with Gasteiger partial charge in [-0.15, -0.1) is 0 Å². The van der Waals surface area contributed by atoms with Crippen molar-refractivity contribution in [2.45, 2.75) is 20.4 Å². The zero-order chi connectivity index (χ0) is 12.0. The minimum Gasteiger partial charge on any atom is -0.469 e. The van der Waals surface area contributed by atoms with Crippen molar-refractivity contribution in [3.8, 4) is 0 Å². The Hall–Kier alpha value is -1.29. The number of aromatic amines is 1. The Balaban J connectivity index is 2.36. The molecular formula is C12H20N2O2. The van der Waals surface area contributed by atoms with Crippen molar-refractivity contribution in [3.05, 3.63) is 24.0 Å². The van der Waals surface area contributed by atoms with E-state index in [-0.39, 0.29) is 17.8 Å². The van der Waals surface area contributed by atoms with Gasteiger partial charge in [-0.25, -0.2) is 0 Å². The van der Waals surface area contributed by atoms with Crippen LogP contribution in [0, 0.1) is 11.8 Å². The van der Waals surface area contributed by atoms with Crippen molar-refractivity contribution < 1.29 is 9.53 Å². The lowest BCUT2D eigenvalue weighted by atomic mass is 9.96. The summed E-state index contributed by atoms with van der Waals surface area (Å²) in [6, 6.07) is 2.01. The Kier molecular flexibility index (Phi) is 5.05. The van der Waals surface area contributed by atoms with E-state index in [0.29, 0.717) is 6.54 Å². The summed E-state index contributed by atoms with van der Waals surface area (Å²) in [5.74, 6) is 0.0617. The number of hydrogen-bond acceptors (Lipinski definition) is 3. The maximum absolute atomic E-state index is 11.5. The molecule has 1 unspecified atom stereocenters. The van der Waals surface area contributed by atoms with Gasteiger partial charge >= 0.3 is 5.97 Å². The molecule has 1 atom stereocenters. The number of H-pyrrole nitrogens is 1. The van der Waals surface area contributed by atoms with E-state index < -0.39 is 0 Å². The average Bonchev–Trinajstić information content (AvgIpc) is 2.75. The number of hydrogen-bond donors (Lipinski definition) is 2. The van der Waals surface area contributed by atoms with Crippen LogP contribution in [0.15, 0.2) is 18.5 Å². The molecular weight excluding hydrogens is 204 g/mol. The van der Waals surface area contributed by atoms with Crippen LogP contribution in [-0.4, -0.2) is 24.6 Å². The van der Waals surface area contributed by atoms with Crippen molar-refractivity contribution in [1.29, 1.82) is 0 Å². The van der Waals surface area contributed by atoms with E-state index in [1.807, 2.05) is 32.3 Å². The van der Waals surface area contributed by atoms with Gasteiger partial charge in [-0.05, 0) is 17.5 Å². The molecule has 0 aromatic carbocycles. The molecule has 0 fully saturated rings. The third kappa shape index (κ3) is 3.70. The van der Waals surface area contributed by atoms with Crippen molar-refractivity contribution in [1.82, 2.24) is 10.3 Å². The molecule has 0 spiro atoms. The number of methoxy groups -OCH3 is 1. The van der Waals surface area contributed by atoms with Crippen LogP contribution in [0.2, 0.25) is 0 Å². The van der Waals surface area contributed by atoms with E-state index in [2.05, 4.69) is 10.3 Å². The largest absolute Gasteiger partial charge is 0.469 e. The minimum absolute atomic E-state index is 0.0797. The Labute approximate surface area is 96.4 Å². The first kappa shape index (κ1) is 12.8. The van der Waals surface area contributed by atoms with Crippen molar-refractivity contribution in [3.63, 3.8) is 0 Å². The summed E-state index contributed by atoms with van der Waals surface area (Å²) in [5, 5.41) is 3.26. The maximum Gasteiger partial charge on any atom is 0.310 e. The lowest BCUT2D eigenvalue weighted by molar-refractivity contribution is -0.146. The molecule has 1 heterocycles. The summed E-state index contributed by atoms with van der Waals surface area (Å²) in [4.78, 5) is 14.5. The highest BCUT2D eigenvalue weighted by Gasteiger charge is 2.22. The van der Waals surface area contributed by atoms with E-state index in [4.69, 9.17) is 4.74 Å². The second-order valence-electron chi connectivity index (χ2n) is 4.22. The predicted molar refractivity (Wildman–Crippen MR) is 62.8 cm³/mol. The highest BCUT2D eigenvalue weighted by molar-refractivity contribution is 5.72. The number of esters is 1. The van der Waals surface area contributed by atoms with E-state index in [1.165, 1.54) is 12.7 Å². The first-order valence-corrected chi connectivity index (χ1v) is 5.55. The molecule has 1 rings (SSSR count). The monoisotopic (exact) mass is 224 g/mol. The Morgan fingerprint density at radius 3 is 2.81 bits per heavy atom. The Morgan fingerprint density at radius 1 is 1.56 bits per heavy atom. The summed E-state index contributed by atoms with van der Waals surface area (Å²) >= 11 is 0. The van der Waals surface area contributed by atoms with Crippen LogP contribution < -0.4 is 5.32 Å². The number of carbonyl (C=O) groups excluding carboxylic acids is 1. The first-order chi connectivity index (χ1) is 7.65. The third-order valence-corrected chi connectivity index (χ3v) is 2.66. The molecule has 1 aromatic heterocycles. The fourth-order valence-corrected chi connectivity index (χ4v) is 1.58. The van der Waals surface area contributed by atoms with Gasteiger partial charge in [-0.3, -0.25) is 4.79 Å². The van der Waals surface area contributed by atoms with Gasteiger partial charge in [0.1, 0.15) is 0 Å². The molecule has 16 heavy (non-hydrogen) atoms. The highest BCUT2D eigenvalue weighted by atomic mass is 16.5. The molecule has 90 valence electrons. The molecule has 4 nitrogen and oxygen atoms in total. The number of rotatable bonds is 6. The van der Waals surface area contributed by atoms with Gasteiger partial charge in [0.25, 0.3) is 0 Å². The van der Waals surface area contributed by atoms with Gasteiger partial charge in [0, 0.05) is 25.5 Å². The zero-order valence-corrected chi connectivity index (χ0v) is 10.1. The number of carbonyl (C=O) groups is 1. The van der Waals surface area contributed by atoms with Crippen LogP contribution in [-0.2, 0) is 16.1 Å². The van der Waals surface area contributed by atoms with Gasteiger partial charge < -0.3 is 15.0 Å². The van der Waals surface area contributed by atoms with E-state index >= 15 is 0 Å². The molecule has 4 heteroatoms. The fraction of sp³-hybridized carbons (Fsp3) is 0.583. The number of ether oxygens (including phenoxy) is 1. The lowest BCUT2D eigenvalue weighted by Crippen LogP contribution is -2.32. The molecule has 0 aliphatic carbocycles. The van der Waals surface area contributed by atoms with E-state index in [0.717, 1.165) is 6.54 Å². The summed E-state index contributed by atoms with van der Waals surface area (Å²) < 4.78 is 4.78. The van der Waals surface area contributed by atoms with Crippen LogP contribution >= 0.6 is 0 Å². The number of nitrogens with one attached hydrogen (secondary N) is 2. The number of aromatic nitrogens is 1. The molecule has 0 aliphatic rings. The van der Waals surface area contributed by atoms with E-state index in [9.17, 15) is 4.79 Å². The van der Waals surface area contributed by atoms with Gasteiger partial charge in [-0.1, -0.05) is 13.8 Å². The van der Waals surface area contributed by atoms with Crippen LogP contribution in [0.25, 0.3) is 0 Å². The topological polar surface area (TPSA) is 54.1 Å². The van der Waals surface area contributed by atoms with Crippen molar-refractivity contribution in [2.75, 3.05) is 13.7 Å². The van der Waals surface area contributed by atoms with Gasteiger partial charge in [-0.2, -0.15) is 0 Å². The molecule has 0 saturated carbocycles. The molecule has 0 amide bonds. The predicted octanol–water partition coefficient (Wildman–Crippen LogP) is 1.55. The Bertz CT molecular complexity index is 307. The molecule has 0 bridgehead atoms. The molecule has 2 N–H and O–H groups in total. The average molecular weight is 224 g/mol. The van der Waals surface area contributed by atoms with Crippen LogP contribution in [0.3, 0.4) is 0 Å². The quantitative estimate of drug-likeness (QED) is 0.721. The minimum atomic E-state index is -0.142. The lowest BCUT2D eigenvalue weighted by Gasteiger charge is -2.18. The second-order valence-corrected chi connectivity index (χ2v) is 4.22. The fourth-order valence-electron chi connectivity index (χ4n) is 1.58. The normalized spacial score (nSPS) is 12.8. The molecule has 0 aliphatic heterocycles. The van der Waals surface area contributed by atoms with Crippen molar-refractivity contribution in [2.24, 2.45) is 11.8 Å². The van der Waals surface area contributed by atoms with Gasteiger partial charge in [0.05, 0.1) is 13.0 Å². The second kappa shape index (κ2) is 6.33. The summed E-state index contributed by atoms with van der Waals surface area (Å²) in [7, 11) is 1.43. The summed E-state index contributed by atoms with van der Waals surface area (Å²) in [6.07, 6.45) is 3.83. The van der Waals surface area contributed by atoms with Crippen LogP contribution in [0.1, 0.15) is 19.4 Å². The van der Waals surface area contributed by atoms with Crippen LogP contribution in [0.5, 0.6) is 0 Å². The maximum atomic E-state index is 11.5. The van der Waals surface area contributed by atoms with Crippen LogP contribution in [0.4, 0.5) is 0 Å². The molecule has 0 radical (unpaired) electrons. The SMILES string of the molecule is COC(=O)C(CNCc1cc[nH]c1)C(C)C. The highest BCUT2D eigenvalue weighted by Crippen LogP contribution is 2.11. The molecule has 1 aromatic rings. The zero-order valence-electron chi connectivity index (χ0n) is 10.1. The first-order valence-electron chi connectivity index (χ1n) is 5.55. The molecule has 0 saturated heterocycles. The third-order valence-electron chi connectivity index (χ3n) is 2.66. The van der Waals surface area contributed by atoms with Gasteiger partial charge in [0.2, 0.25) is 0 Å². The standard InChI is InChI=1S/C12H20N2O2/c1-9(2)11(12(15)16-3)8-14-7-10-4-5-13-6-10/h4-6,9,11,13-14H,7-8H2,1-3H3. The van der Waals surface area contributed by atoms with Crippen molar-refractivity contribution >= 4 is 5.97 Å². The summed E-state index contributed by atoms with van der Waals surface area (Å²) in [6.45, 7) is 5.47. The van der Waals surface area contributed by atoms with E-state index in [1.54, 1.807) is 0 Å². The smallest absolute Gasteiger partial charge is 0.310 e. The Morgan fingerprint density at radius 2 is 2.31 bits per heavy atom.